The zero-order valence-electron chi connectivity index (χ0n) is 9.98. The van der Waals surface area contributed by atoms with Crippen LogP contribution in [0.5, 0.6) is 0 Å². The van der Waals surface area contributed by atoms with Gasteiger partial charge in [0.25, 0.3) is 0 Å². The Morgan fingerprint density at radius 3 is 2.53 bits per heavy atom. The van der Waals surface area contributed by atoms with Crippen LogP contribution >= 0.6 is 0 Å². The molecule has 0 heterocycles. The lowest BCUT2D eigenvalue weighted by atomic mass is 10.3. The van der Waals surface area contributed by atoms with Crippen molar-refractivity contribution in [3.8, 4) is 0 Å². The van der Waals surface area contributed by atoms with Crippen LogP contribution < -0.4 is 5.73 Å². The first-order valence-electron chi connectivity index (χ1n) is 5.25. The van der Waals surface area contributed by atoms with Gasteiger partial charge in [0.1, 0.15) is 5.82 Å². The van der Waals surface area contributed by atoms with Crippen molar-refractivity contribution >= 4 is 15.5 Å². The first-order chi connectivity index (χ1) is 7.83. The van der Waals surface area contributed by atoms with Gasteiger partial charge in [0.05, 0.1) is 16.3 Å². The van der Waals surface area contributed by atoms with Gasteiger partial charge in [-0.05, 0) is 45.3 Å². The van der Waals surface area contributed by atoms with E-state index in [-0.39, 0.29) is 16.3 Å². The summed E-state index contributed by atoms with van der Waals surface area (Å²) in [5.74, 6) is -0.518. The number of nitrogens with two attached hydrogens (primary N) is 1. The highest BCUT2D eigenvalue weighted by Gasteiger charge is 2.17. The molecule has 0 aliphatic carbocycles. The standard InChI is InChI=1S/C11H17FN2O2S/c1-14(2)6-3-7-17(15,16)11-5-4-9(12)8-10(11)13/h4-5,8H,3,6-7,13H2,1-2H3. The molecule has 1 aromatic carbocycles. The van der Waals surface area contributed by atoms with E-state index in [1.54, 1.807) is 0 Å². The number of rotatable bonds is 5. The van der Waals surface area contributed by atoms with Crippen molar-refractivity contribution in [2.24, 2.45) is 0 Å². The second-order valence-corrected chi connectivity index (χ2v) is 6.24. The van der Waals surface area contributed by atoms with Gasteiger partial charge >= 0.3 is 0 Å². The van der Waals surface area contributed by atoms with Crippen molar-refractivity contribution < 1.29 is 12.8 Å². The number of benzene rings is 1. The van der Waals surface area contributed by atoms with E-state index in [1.165, 1.54) is 6.07 Å². The van der Waals surface area contributed by atoms with Crippen LogP contribution in [0.3, 0.4) is 0 Å². The number of hydrogen-bond donors (Lipinski definition) is 1. The van der Waals surface area contributed by atoms with Gasteiger partial charge in [-0.15, -0.1) is 0 Å². The predicted octanol–water partition coefficient (Wildman–Crippen LogP) is 1.13. The van der Waals surface area contributed by atoms with Gasteiger partial charge in [0.15, 0.2) is 9.84 Å². The Hall–Kier alpha value is -1.14. The SMILES string of the molecule is CN(C)CCCS(=O)(=O)c1ccc(F)cc1N. The minimum absolute atomic E-state index is 0.0117. The second-order valence-electron chi connectivity index (χ2n) is 4.16. The highest BCUT2D eigenvalue weighted by Crippen LogP contribution is 2.20. The van der Waals surface area contributed by atoms with Crippen LogP contribution in [-0.4, -0.2) is 39.7 Å². The smallest absolute Gasteiger partial charge is 0.180 e. The maximum atomic E-state index is 12.8. The molecule has 1 rings (SSSR count). The lowest BCUT2D eigenvalue weighted by Crippen LogP contribution is -2.18. The topological polar surface area (TPSA) is 63.4 Å². The van der Waals surface area contributed by atoms with Crippen LogP contribution in [0.15, 0.2) is 23.1 Å². The lowest BCUT2D eigenvalue weighted by Gasteiger charge is -2.10. The van der Waals surface area contributed by atoms with Crippen LogP contribution in [0.1, 0.15) is 6.42 Å². The average molecular weight is 260 g/mol. The van der Waals surface area contributed by atoms with E-state index in [4.69, 9.17) is 5.73 Å². The summed E-state index contributed by atoms with van der Waals surface area (Å²) in [7, 11) is 0.326. The van der Waals surface area contributed by atoms with Gasteiger partial charge in [0, 0.05) is 0 Å². The molecular weight excluding hydrogens is 243 g/mol. The molecule has 4 nitrogen and oxygen atoms in total. The number of nitrogens with zero attached hydrogens (tertiary/aromatic N) is 1. The van der Waals surface area contributed by atoms with Crippen molar-refractivity contribution in [2.45, 2.75) is 11.3 Å². The van der Waals surface area contributed by atoms with E-state index in [2.05, 4.69) is 0 Å². The van der Waals surface area contributed by atoms with Gasteiger partial charge in [0.2, 0.25) is 0 Å². The number of halogens is 1. The zero-order valence-corrected chi connectivity index (χ0v) is 10.8. The molecule has 0 unspecified atom stereocenters. The first kappa shape index (κ1) is 13.9. The fourth-order valence-electron chi connectivity index (χ4n) is 1.48. The van der Waals surface area contributed by atoms with Crippen LogP contribution in [0.4, 0.5) is 10.1 Å². The summed E-state index contributed by atoms with van der Waals surface area (Å²) in [5, 5.41) is 0. The molecule has 0 fully saturated rings. The molecule has 0 spiro atoms. The van der Waals surface area contributed by atoms with E-state index < -0.39 is 15.7 Å². The summed E-state index contributed by atoms with van der Waals surface area (Å²) in [6.07, 6.45) is 0.520. The third-order valence-electron chi connectivity index (χ3n) is 2.33. The summed E-state index contributed by atoms with van der Waals surface area (Å²) in [6, 6.07) is 3.35. The van der Waals surface area contributed by atoms with E-state index in [0.29, 0.717) is 13.0 Å². The number of hydrogen-bond acceptors (Lipinski definition) is 4. The number of anilines is 1. The molecule has 0 aliphatic rings. The van der Waals surface area contributed by atoms with Gasteiger partial charge in [-0.25, -0.2) is 12.8 Å². The van der Waals surface area contributed by atoms with E-state index in [9.17, 15) is 12.8 Å². The first-order valence-corrected chi connectivity index (χ1v) is 6.90. The Morgan fingerprint density at radius 2 is 2.00 bits per heavy atom. The molecule has 0 bridgehead atoms. The monoisotopic (exact) mass is 260 g/mol. The molecule has 0 aromatic heterocycles. The zero-order chi connectivity index (χ0) is 13.1. The van der Waals surface area contributed by atoms with E-state index in [1.807, 2.05) is 19.0 Å². The molecule has 17 heavy (non-hydrogen) atoms. The Labute approximate surface area is 101 Å². The predicted molar refractivity (Wildman–Crippen MR) is 66.0 cm³/mol. The van der Waals surface area contributed by atoms with Gasteiger partial charge in [-0.3, -0.25) is 0 Å². The Kier molecular flexibility index (Phi) is 4.47. The fraction of sp³-hybridized carbons (Fsp3) is 0.455. The third-order valence-corrected chi connectivity index (χ3v) is 4.19. The van der Waals surface area contributed by atoms with Gasteiger partial charge in [-0.1, -0.05) is 0 Å². The molecular formula is C11H17FN2O2S. The van der Waals surface area contributed by atoms with E-state index >= 15 is 0 Å². The molecule has 0 amide bonds. The molecule has 0 saturated heterocycles. The Morgan fingerprint density at radius 1 is 1.35 bits per heavy atom. The van der Waals surface area contributed by atoms with Gasteiger partial charge in [-0.2, -0.15) is 0 Å². The fourth-order valence-corrected chi connectivity index (χ4v) is 2.91. The van der Waals surface area contributed by atoms with E-state index in [0.717, 1.165) is 12.1 Å². The molecule has 96 valence electrons. The van der Waals surface area contributed by atoms with Crippen LogP contribution in [-0.2, 0) is 9.84 Å². The Balaban J connectivity index is 2.83. The number of sulfone groups is 1. The molecule has 1 aromatic rings. The minimum atomic E-state index is -3.42. The summed E-state index contributed by atoms with van der Waals surface area (Å²) in [4.78, 5) is 1.92. The Bertz CT molecular complexity index is 486. The highest BCUT2D eigenvalue weighted by atomic mass is 32.2. The third kappa shape index (κ3) is 3.98. The molecule has 6 heteroatoms. The normalized spacial score (nSPS) is 12.0. The van der Waals surface area contributed by atoms with Crippen LogP contribution in [0.2, 0.25) is 0 Å². The quantitative estimate of drug-likeness (QED) is 0.637. The van der Waals surface area contributed by atoms with Crippen molar-refractivity contribution in [3.63, 3.8) is 0 Å². The maximum Gasteiger partial charge on any atom is 0.180 e. The highest BCUT2D eigenvalue weighted by molar-refractivity contribution is 7.91. The van der Waals surface area contributed by atoms with Crippen molar-refractivity contribution in [1.29, 1.82) is 0 Å². The summed E-state index contributed by atoms with van der Waals surface area (Å²) < 4.78 is 36.7. The average Bonchev–Trinajstić information content (AvgIpc) is 2.15. The van der Waals surface area contributed by atoms with Gasteiger partial charge < -0.3 is 10.6 Å². The molecule has 2 N–H and O–H groups in total. The largest absolute Gasteiger partial charge is 0.398 e. The second kappa shape index (κ2) is 5.46. The van der Waals surface area contributed by atoms with Crippen LogP contribution in [0, 0.1) is 5.82 Å². The van der Waals surface area contributed by atoms with Crippen LogP contribution in [0.25, 0.3) is 0 Å². The molecule has 0 saturated carbocycles. The van der Waals surface area contributed by atoms with Crippen molar-refractivity contribution in [2.75, 3.05) is 32.1 Å². The summed E-state index contributed by atoms with van der Waals surface area (Å²) >= 11 is 0. The molecule has 0 aliphatic heterocycles. The molecule has 0 atom stereocenters. The summed E-state index contributed by atoms with van der Waals surface area (Å²) in [6.45, 7) is 0.681. The summed E-state index contributed by atoms with van der Waals surface area (Å²) in [5.41, 5.74) is 5.48. The van der Waals surface area contributed by atoms with Crippen molar-refractivity contribution in [1.82, 2.24) is 4.90 Å². The molecule has 0 radical (unpaired) electrons. The minimum Gasteiger partial charge on any atom is -0.398 e. The lowest BCUT2D eigenvalue weighted by molar-refractivity contribution is 0.408. The maximum absolute atomic E-state index is 12.8. The van der Waals surface area contributed by atoms with Crippen molar-refractivity contribution in [3.05, 3.63) is 24.0 Å². The number of nitrogen functional groups attached to an aromatic ring is 1.